The molecule has 0 atom stereocenters. The normalized spacial score (nSPS) is 11.1. The molecule has 0 saturated carbocycles. The molecule has 0 unspecified atom stereocenters. The predicted molar refractivity (Wildman–Crippen MR) is 178 cm³/mol. The molecule has 7 heteroatoms. The fraction of sp³-hybridized carbons (Fsp3) is 0. The molecule has 0 N–H and O–H groups in total. The first-order valence-corrected chi connectivity index (χ1v) is 14.7. The summed E-state index contributed by atoms with van der Waals surface area (Å²) in [5, 5.41) is 4.38. The number of fused-ring (bicyclic) bond motifs is 6. The van der Waals surface area contributed by atoms with Gasteiger partial charge in [-0.2, -0.15) is 48.0 Å². The van der Waals surface area contributed by atoms with E-state index in [1.807, 2.05) is 72.8 Å². The van der Waals surface area contributed by atoms with Crippen LogP contribution in [0.1, 0.15) is 0 Å². The monoisotopic (exact) mass is 858 g/mol. The van der Waals surface area contributed by atoms with Crippen molar-refractivity contribution in [1.29, 1.82) is 0 Å². The Hall–Kier alpha value is -4.41. The van der Waals surface area contributed by atoms with Gasteiger partial charge in [0.05, 0.1) is 0 Å². The second-order valence-electron chi connectivity index (χ2n) is 10.7. The van der Waals surface area contributed by atoms with Crippen molar-refractivity contribution >= 4 is 43.6 Å². The first-order chi connectivity index (χ1) is 22.3. The van der Waals surface area contributed by atoms with Crippen molar-refractivity contribution in [2.75, 3.05) is 0 Å². The van der Waals surface area contributed by atoms with Crippen LogP contribution in [0.2, 0.25) is 0 Å². The summed E-state index contributed by atoms with van der Waals surface area (Å²) in [5.41, 5.74) is 5.64. The molecule has 0 saturated heterocycles. The molecular weight excluding hydrogens is 836 g/mol. The van der Waals surface area contributed by atoms with Crippen molar-refractivity contribution < 1.29 is 58.5 Å². The largest absolute Gasteiger partial charge is 2.00 e. The summed E-state index contributed by atoms with van der Waals surface area (Å²) in [6.45, 7) is 0. The molecule has 0 aliphatic rings. The van der Waals surface area contributed by atoms with Crippen LogP contribution in [0.25, 0.3) is 66.4 Å². The molecule has 5 nitrogen and oxygen atoms in total. The Balaban J connectivity index is 0.00000176. The van der Waals surface area contributed by atoms with Crippen LogP contribution < -0.4 is 4.74 Å². The van der Waals surface area contributed by atoms with E-state index in [-0.39, 0.29) is 53.8 Å². The number of pyridine rings is 2. The molecule has 9 rings (SSSR count). The van der Waals surface area contributed by atoms with E-state index in [1.165, 1.54) is 0 Å². The Bertz CT molecular complexity index is 2530. The molecule has 0 fully saturated rings. The van der Waals surface area contributed by atoms with Crippen molar-refractivity contribution in [3.8, 4) is 34.3 Å². The fourth-order valence-electron chi connectivity index (χ4n) is 6.20. The average molecular weight is 859 g/mol. The van der Waals surface area contributed by atoms with Crippen molar-refractivity contribution in [2.45, 2.75) is 0 Å². The van der Waals surface area contributed by atoms with Gasteiger partial charge in [-0.3, -0.25) is 0 Å². The SMILES string of the molecule is [Pt+2].[Y].[c-]1ccccc1-c1[c-]ccnc1-n1c2[c-]c(Oc3[c-]c4c(cc3)c3ccccc3n4-c3ccccn3)ccc2c2ccccc21. The van der Waals surface area contributed by atoms with E-state index < -0.39 is 0 Å². The van der Waals surface area contributed by atoms with E-state index in [4.69, 9.17) is 9.72 Å². The maximum Gasteiger partial charge on any atom is 2.00 e. The Kier molecular flexibility index (Phi) is 8.63. The molecular formula is C40H22N4OPtY-2. The molecule has 0 aliphatic carbocycles. The summed E-state index contributed by atoms with van der Waals surface area (Å²) < 4.78 is 10.8. The van der Waals surface area contributed by atoms with E-state index in [0.717, 1.165) is 66.4 Å². The molecule has 0 aliphatic heterocycles. The van der Waals surface area contributed by atoms with Gasteiger partial charge in [0, 0.05) is 67.3 Å². The molecule has 223 valence electrons. The topological polar surface area (TPSA) is 44.9 Å². The fourth-order valence-corrected chi connectivity index (χ4v) is 6.20. The minimum atomic E-state index is 0. The first-order valence-electron chi connectivity index (χ1n) is 14.7. The van der Waals surface area contributed by atoms with Gasteiger partial charge in [0.1, 0.15) is 5.82 Å². The third-order valence-electron chi connectivity index (χ3n) is 8.12. The van der Waals surface area contributed by atoms with Crippen molar-refractivity contribution in [2.24, 2.45) is 0 Å². The molecule has 5 aromatic carbocycles. The number of hydrogen-bond acceptors (Lipinski definition) is 3. The second-order valence-corrected chi connectivity index (χ2v) is 10.7. The second kappa shape index (κ2) is 13.0. The summed E-state index contributed by atoms with van der Waals surface area (Å²) in [6, 6.07) is 54.2. The third kappa shape index (κ3) is 5.33. The standard InChI is InChI=1S/C40H22N4O.Pt.Y/c1-2-11-27(12-3-1)30-15-10-24-42-40(30)44-36-17-7-5-14-32(36)34-22-20-29(26-38(34)44)45-28-19-21-33-31-13-4-6-16-35(31)43(37(33)25-28)39-18-8-9-23-41-39;;/h1-11,13-14,16-24H;;/q-4;+2;. The van der Waals surface area contributed by atoms with Gasteiger partial charge in [-0.25, -0.2) is 10.5 Å². The molecule has 9 aromatic rings. The minimum Gasteiger partial charge on any atom is -0.509 e. The summed E-state index contributed by atoms with van der Waals surface area (Å²) in [5.74, 6) is 2.75. The summed E-state index contributed by atoms with van der Waals surface area (Å²) in [7, 11) is 0. The molecule has 4 heterocycles. The van der Waals surface area contributed by atoms with E-state index in [1.54, 1.807) is 12.4 Å². The van der Waals surface area contributed by atoms with Crippen molar-refractivity contribution in [3.63, 3.8) is 0 Å². The van der Waals surface area contributed by atoms with Crippen LogP contribution in [-0.2, 0) is 53.8 Å². The van der Waals surface area contributed by atoms with Gasteiger partial charge >= 0.3 is 21.1 Å². The van der Waals surface area contributed by atoms with Crippen LogP contribution in [0.15, 0.2) is 134 Å². The quantitative estimate of drug-likeness (QED) is 0.162. The van der Waals surface area contributed by atoms with Gasteiger partial charge in [0.15, 0.2) is 0 Å². The Labute approximate surface area is 311 Å². The molecule has 0 amide bonds. The molecule has 47 heavy (non-hydrogen) atoms. The van der Waals surface area contributed by atoms with Crippen LogP contribution in [-0.4, -0.2) is 19.1 Å². The average Bonchev–Trinajstić information content (AvgIpc) is 3.61. The maximum atomic E-state index is 6.49. The number of para-hydroxylation sites is 2. The van der Waals surface area contributed by atoms with Crippen molar-refractivity contribution in [3.05, 3.63) is 158 Å². The number of hydrogen-bond donors (Lipinski definition) is 0. The van der Waals surface area contributed by atoms with Gasteiger partial charge in [-0.15, -0.1) is 47.2 Å². The minimum absolute atomic E-state index is 0. The van der Waals surface area contributed by atoms with Crippen LogP contribution in [0.4, 0.5) is 0 Å². The number of ether oxygens (including phenoxy) is 1. The zero-order valence-corrected chi connectivity index (χ0v) is 29.9. The summed E-state index contributed by atoms with van der Waals surface area (Å²) >= 11 is 0. The maximum absolute atomic E-state index is 6.49. The molecule has 4 aromatic heterocycles. The summed E-state index contributed by atoms with van der Waals surface area (Å²) in [6.07, 6.45) is 3.58. The summed E-state index contributed by atoms with van der Waals surface area (Å²) in [4.78, 5) is 9.48. The van der Waals surface area contributed by atoms with Gasteiger partial charge in [0.2, 0.25) is 0 Å². The van der Waals surface area contributed by atoms with E-state index in [0.29, 0.717) is 11.5 Å². The number of benzene rings is 5. The van der Waals surface area contributed by atoms with E-state index in [2.05, 4.69) is 86.9 Å². The third-order valence-corrected chi connectivity index (χ3v) is 8.12. The van der Waals surface area contributed by atoms with Crippen molar-refractivity contribution in [1.82, 2.24) is 19.1 Å². The Morgan fingerprint density at radius 1 is 0.532 bits per heavy atom. The zero-order chi connectivity index (χ0) is 29.7. The number of nitrogens with zero attached hydrogens (tertiary/aromatic N) is 4. The molecule has 0 bridgehead atoms. The van der Waals surface area contributed by atoms with Crippen LogP contribution in [0, 0.1) is 24.3 Å². The number of rotatable bonds is 5. The number of aromatic nitrogens is 4. The van der Waals surface area contributed by atoms with Gasteiger partial charge in [-0.1, -0.05) is 59.7 Å². The van der Waals surface area contributed by atoms with E-state index >= 15 is 0 Å². The molecule has 1 radical (unpaired) electrons. The zero-order valence-electron chi connectivity index (χ0n) is 24.8. The van der Waals surface area contributed by atoms with Gasteiger partial charge < -0.3 is 18.9 Å². The van der Waals surface area contributed by atoms with Crippen LogP contribution in [0.5, 0.6) is 11.5 Å². The van der Waals surface area contributed by atoms with Crippen LogP contribution >= 0.6 is 0 Å². The van der Waals surface area contributed by atoms with Gasteiger partial charge in [0.25, 0.3) is 0 Å². The Morgan fingerprint density at radius 2 is 1.17 bits per heavy atom. The van der Waals surface area contributed by atoms with E-state index in [9.17, 15) is 0 Å². The molecule has 0 spiro atoms. The Morgan fingerprint density at radius 3 is 1.83 bits per heavy atom. The van der Waals surface area contributed by atoms with Crippen LogP contribution in [0.3, 0.4) is 0 Å². The van der Waals surface area contributed by atoms with Gasteiger partial charge in [-0.05, 0) is 35.0 Å². The smallest absolute Gasteiger partial charge is 0.509 e. The first kappa shape index (κ1) is 31.2. The predicted octanol–water partition coefficient (Wildman–Crippen LogP) is 9.33.